The fraction of sp³-hybridized carbons (Fsp3) is 0.286. The van der Waals surface area contributed by atoms with Gasteiger partial charge in [0, 0.05) is 37.4 Å². The fourth-order valence-electron chi connectivity index (χ4n) is 1.81. The Bertz CT molecular complexity index is 634. The molecule has 0 saturated carbocycles. The van der Waals surface area contributed by atoms with Crippen LogP contribution in [0.3, 0.4) is 0 Å². The van der Waals surface area contributed by atoms with E-state index in [1.807, 2.05) is 12.1 Å². The van der Waals surface area contributed by atoms with Crippen LogP contribution < -0.4 is 5.73 Å². The minimum absolute atomic E-state index is 0.190. The molecule has 0 unspecified atom stereocenters. The van der Waals surface area contributed by atoms with Crippen molar-refractivity contribution in [2.45, 2.75) is 19.5 Å². The van der Waals surface area contributed by atoms with E-state index in [-0.39, 0.29) is 12.3 Å². The molecule has 0 saturated heterocycles. The smallest absolute Gasteiger partial charge is 0.273 e. The van der Waals surface area contributed by atoms with Gasteiger partial charge >= 0.3 is 0 Å². The van der Waals surface area contributed by atoms with Crippen LogP contribution in [0.25, 0.3) is 0 Å². The van der Waals surface area contributed by atoms with Gasteiger partial charge in [-0.25, -0.2) is 4.98 Å². The Hall–Kier alpha value is -2.30. The molecule has 2 aromatic rings. The van der Waals surface area contributed by atoms with Gasteiger partial charge < -0.3 is 10.6 Å². The van der Waals surface area contributed by atoms with E-state index in [1.54, 1.807) is 22.7 Å². The molecule has 0 spiro atoms. The molecule has 7 heteroatoms. The largest absolute Gasteiger partial charge is 0.332 e. The molecule has 0 fully saturated rings. The summed E-state index contributed by atoms with van der Waals surface area (Å²) in [7, 11) is 0. The Labute approximate surface area is 126 Å². The lowest BCUT2D eigenvalue weighted by Gasteiger charge is -2.20. The van der Waals surface area contributed by atoms with Crippen LogP contribution in [0.4, 0.5) is 0 Å². The summed E-state index contributed by atoms with van der Waals surface area (Å²) in [5.41, 5.74) is 6.81. The summed E-state index contributed by atoms with van der Waals surface area (Å²) in [6.45, 7) is 1.09. The first-order chi connectivity index (χ1) is 10.2. The lowest BCUT2D eigenvalue weighted by Crippen LogP contribution is -2.31. The number of pyridine rings is 1. The average Bonchev–Trinajstić information content (AvgIpc) is 3.00. The minimum atomic E-state index is -0.190. The van der Waals surface area contributed by atoms with Crippen LogP contribution in [0.2, 0.25) is 0 Å². The molecule has 1 amide bonds. The van der Waals surface area contributed by atoms with Crippen molar-refractivity contribution >= 4 is 17.2 Å². The number of carbonyl (C=O) groups excluding carboxylic acids is 1. The van der Waals surface area contributed by atoms with E-state index in [4.69, 9.17) is 11.0 Å². The predicted octanol–water partition coefficient (Wildman–Crippen LogP) is 1.55. The molecular formula is C14H15N5OS. The van der Waals surface area contributed by atoms with Gasteiger partial charge in [-0.1, -0.05) is 6.07 Å². The van der Waals surface area contributed by atoms with Crippen molar-refractivity contribution in [3.8, 4) is 6.07 Å². The van der Waals surface area contributed by atoms with E-state index in [9.17, 15) is 4.79 Å². The van der Waals surface area contributed by atoms with Crippen LogP contribution in [0.15, 0.2) is 29.9 Å². The van der Waals surface area contributed by atoms with Gasteiger partial charge in [0.1, 0.15) is 10.7 Å². The normalized spacial score (nSPS) is 10.1. The van der Waals surface area contributed by atoms with Crippen LogP contribution in [-0.2, 0) is 13.1 Å². The lowest BCUT2D eigenvalue weighted by atomic mass is 10.2. The number of thiazole rings is 1. The highest BCUT2D eigenvalue weighted by atomic mass is 32.1. The third kappa shape index (κ3) is 4.08. The maximum atomic E-state index is 12.5. The second-order valence-electron chi connectivity index (χ2n) is 4.33. The van der Waals surface area contributed by atoms with E-state index in [0.29, 0.717) is 25.3 Å². The molecule has 2 rings (SSSR count). The summed E-state index contributed by atoms with van der Waals surface area (Å²) in [4.78, 5) is 22.3. The molecule has 0 bridgehead atoms. The van der Waals surface area contributed by atoms with E-state index in [0.717, 1.165) is 10.6 Å². The van der Waals surface area contributed by atoms with Crippen LogP contribution in [0.1, 0.15) is 27.5 Å². The molecule has 2 aromatic heterocycles. The van der Waals surface area contributed by atoms with Crippen LogP contribution in [-0.4, -0.2) is 27.3 Å². The third-order valence-electron chi connectivity index (χ3n) is 2.82. The maximum Gasteiger partial charge on any atom is 0.273 e. The highest BCUT2D eigenvalue weighted by molar-refractivity contribution is 7.09. The molecule has 2 heterocycles. The van der Waals surface area contributed by atoms with Crippen molar-refractivity contribution in [3.05, 3.63) is 46.2 Å². The molecule has 0 aliphatic rings. The molecule has 2 N–H and O–H groups in total. The van der Waals surface area contributed by atoms with Gasteiger partial charge in [-0.3, -0.25) is 9.78 Å². The number of hydrogen-bond donors (Lipinski definition) is 1. The summed E-state index contributed by atoms with van der Waals surface area (Å²) < 4.78 is 0. The third-order valence-corrected chi connectivity index (χ3v) is 3.69. The summed E-state index contributed by atoms with van der Waals surface area (Å²) in [5, 5.41) is 11.2. The van der Waals surface area contributed by atoms with Crippen LogP contribution in [0, 0.1) is 11.3 Å². The zero-order valence-corrected chi connectivity index (χ0v) is 12.2. The molecule has 6 nitrogen and oxygen atoms in total. The average molecular weight is 301 g/mol. The standard InChI is InChI=1S/C14H15N5OS/c15-4-2-6-19(9-11-3-1-5-17-8-11)14(20)12-10-21-13(7-16)18-12/h1,3,5,8,10H,2,6-7,9,16H2. The maximum absolute atomic E-state index is 12.5. The molecule has 0 aliphatic heterocycles. The predicted molar refractivity (Wildman–Crippen MR) is 79.2 cm³/mol. The van der Waals surface area contributed by atoms with Crippen molar-refractivity contribution < 1.29 is 4.79 Å². The van der Waals surface area contributed by atoms with Gasteiger partial charge in [-0.15, -0.1) is 11.3 Å². The van der Waals surface area contributed by atoms with Gasteiger partial charge in [0.05, 0.1) is 12.5 Å². The van der Waals surface area contributed by atoms with E-state index in [1.165, 1.54) is 11.3 Å². The zero-order valence-electron chi connectivity index (χ0n) is 11.4. The Morgan fingerprint density at radius 1 is 1.52 bits per heavy atom. The van der Waals surface area contributed by atoms with Crippen molar-refractivity contribution in [2.75, 3.05) is 6.54 Å². The molecular weight excluding hydrogens is 286 g/mol. The first kappa shape index (κ1) is 15.1. The first-order valence-corrected chi connectivity index (χ1v) is 7.32. The highest BCUT2D eigenvalue weighted by Gasteiger charge is 2.18. The molecule has 21 heavy (non-hydrogen) atoms. The SMILES string of the molecule is N#CCCN(Cc1cccnc1)C(=O)c1csc(CN)n1. The summed E-state index contributed by atoms with van der Waals surface area (Å²) in [6.07, 6.45) is 3.66. The zero-order chi connectivity index (χ0) is 15.1. The Kier molecular flexibility index (Phi) is 5.37. The van der Waals surface area contributed by atoms with Crippen LogP contribution >= 0.6 is 11.3 Å². The van der Waals surface area contributed by atoms with Gasteiger partial charge in [0.25, 0.3) is 5.91 Å². The Balaban J connectivity index is 2.15. The van der Waals surface area contributed by atoms with Gasteiger partial charge in [0.2, 0.25) is 0 Å². The molecule has 0 aromatic carbocycles. The number of nitriles is 1. The number of aromatic nitrogens is 2. The Morgan fingerprint density at radius 2 is 2.38 bits per heavy atom. The summed E-state index contributed by atoms with van der Waals surface area (Å²) in [6, 6.07) is 5.77. The van der Waals surface area contributed by atoms with Gasteiger partial charge in [0.15, 0.2) is 0 Å². The Morgan fingerprint density at radius 3 is 3.00 bits per heavy atom. The summed E-state index contributed by atoms with van der Waals surface area (Å²) in [5.74, 6) is -0.190. The molecule has 0 radical (unpaired) electrons. The van der Waals surface area contributed by atoms with Crippen molar-refractivity contribution in [1.29, 1.82) is 5.26 Å². The van der Waals surface area contributed by atoms with E-state index in [2.05, 4.69) is 16.0 Å². The number of carbonyl (C=O) groups is 1. The molecule has 108 valence electrons. The number of nitrogens with zero attached hydrogens (tertiary/aromatic N) is 4. The quantitative estimate of drug-likeness (QED) is 0.873. The second-order valence-corrected chi connectivity index (χ2v) is 5.27. The second kappa shape index (κ2) is 7.47. The van der Waals surface area contributed by atoms with E-state index < -0.39 is 0 Å². The number of amides is 1. The first-order valence-electron chi connectivity index (χ1n) is 6.44. The summed E-state index contributed by atoms with van der Waals surface area (Å²) >= 11 is 1.36. The van der Waals surface area contributed by atoms with Gasteiger partial charge in [-0.2, -0.15) is 5.26 Å². The monoisotopic (exact) mass is 301 g/mol. The van der Waals surface area contributed by atoms with E-state index >= 15 is 0 Å². The number of rotatable bonds is 6. The number of nitrogens with two attached hydrogens (primary N) is 1. The highest BCUT2D eigenvalue weighted by Crippen LogP contribution is 2.13. The number of hydrogen-bond acceptors (Lipinski definition) is 6. The topological polar surface area (TPSA) is 95.9 Å². The van der Waals surface area contributed by atoms with Crippen molar-refractivity contribution in [1.82, 2.24) is 14.9 Å². The molecule has 0 aliphatic carbocycles. The van der Waals surface area contributed by atoms with Crippen molar-refractivity contribution in [2.24, 2.45) is 5.73 Å². The van der Waals surface area contributed by atoms with Gasteiger partial charge in [-0.05, 0) is 11.6 Å². The van der Waals surface area contributed by atoms with Crippen LogP contribution in [0.5, 0.6) is 0 Å². The van der Waals surface area contributed by atoms with Crippen molar-refractivity contribution in [3.63, 3.8) is 0 Å². The fourth-order valence-corrected chi connectivity index (χ4v) is 2.46. The molecule has 0 atom stereocenters. The minimum Gasteiger partial charge on any atom is -0.332 e. The lowest BCUT2D eigenvalue weighted by molar-refractivity contribution is 0.0741.